The second-order valence-corrected chi connectivity index (χ2v) is 8.52. The molecule has 6 atom stereocenters. The number of hydrogen-bond donors (Lipinski definition) is 2. The summed E-state index contributed by atoms with van der Waals surface area (Å²) in [5.74, 6) is -3.44. The molecular formula is C18H16BrClN2O6. The monoisotopic (exact) mass is 470 g/mol. The molecule has 0 radical (unpaired) electrons. The summed E-state index contributed by atoms with van der Waals surface area (Å²) in [4.78, 5) is 48.3. The Bertz CT molecular complexity index is 864. The lowest BCUT2D eigenvalue weighted by molar-refractivity contribution is -0.158. The Balaban J connectivity index is 1.28. The number of fused-ring (bicyclic) bond motifs is 1. The van der Waals surface area contributed by atoms with Crippen LogP contribution in [0.1, 0.15) is 16.8 Å². The molecule has 8 nitrogen and oxygen atoms in total. The van der Waals surface area contributed by atoms with Crippen LogP contribution in [0.2, 0.25) is 5.02 Å². The number of amides is 2. The SMILES string of the molecule is O=C(COC(=O)[C@@H]1[C@H]2C[C@H]3[C@H](OC(=O)[C@@H]31)[C@H]2Br)NNC(=O)c1ccccc1Cl. The van der Waals surface area contributed by atoms with Crippen LogP contribution in [-0.4, -0.2) is 41.3 Å². The molecule has 28 heavy (non-hydrogen) atoms. The quantitative estimate of drug-likeness (QED) is 0.388. The zero-order valence-electron chi connectivity index (χ0n) is 14.4. The zero-order valence-corrected chi connectivity index (χ0v) is 16.7. The molecule has 148 valence electrons. The number of carbonyl (C=O) groups excluding carboxylic acids is 4. The molecule has 2 N–H and O–H groups in total. The first-order valence-electron chi connectivity index (χ1n) is 8.73. The maximum absolute atomic E-state index is 12.5. The maximum atomic E-state index is 12.5. The highest BCUT2D eigenvalue weighted by molar-refractivity contribution is 9.09. The summed E-state index contributed by atoms with van der Waals surface area (Å²) in [5, 5.41) is 0.239. The number of nitrogens with one attached hydrogen (secondary N) is 2. The maximum Gasteiger partial charge on any atom is 0.310 e. The fourth-order valence-corrected chi connectivity index (χ4v) is 5.67. The van der Waals surface area contributed by atoms with Gasteiger partial charge in [0.1, 0.15) is 6.10 Å². The van der Waals surface area contributed by atoms with Crippen molar-refractivity contribution < 1.29 is 28.7 Å². The van der Waals surface area contributed by atoms with Crippen molar-refractivity contribution in [3.05, 3.63) is 34.9 Å². The van der Waals surface area contributed by atoms with Gasteiger partial charge in [-0.2, -0.15) is 0 Å². The average Bonchev–Trinajstić information content (AvgIpc) is 3.28. The molecule has 2 bridgehead atoms. The van der Waals surface area contributed by atoms with Crippen LogP contribution < -0.4 is 10.9 Å². The molecule has 3 fully saturated rings. The van der Waals surface area contributed by atoms with E-state index >= 15 is 0 Å². The Morgan fingerprint density at radius 1 is 1.21 bits per heavy atom. The highest BCUT2D eigenvalue weighted by Gasteiger charge is 2.68. The summed E-state index contributed by atoms with van der Waals surface area (Å²) >= 11 is 9.42. The Morgan fingerprint density at radius 2 is 1.96 bits per heavy atom. The fraction of sp³-hybridized carbons (Fsp3) is 0.444. The van der Waals surface area contributed by atoms with E-state index in [1.54, 1.807) is 18.2 Å². The standard InChI is InChI=1S/C18H16BrClN2O6/c19-14-8-5-9-13(18(26)28-15(9)14)12(8)17(25)27-6-11(23)21-22-16(24)7-3-1-2-4-10(7)20/h1-4,8-9,12-15H,5-6H2,(H,21,23)(H,22,24)/t8-,9-,12-,13+,14+,15+/m1/s1. The molecule has 4 rings (SSSR count). The third-order valence-corrected chi connectivity index (χ3v) is 7.10. The Kier molecular flexibility index (Phi) is 5.05. The normalized spacial score (nSPS) is 32.0. The second-order valence-electron chi connectivity index (χ2n) is 7.05. The fourth-order valence-electron chi connectivity index (χ4n) is 4.40. The van der Waals surface area contributed by atoms with Crippen molar-refractivity contribution in [2.45, 2.75) is 17.4 Å². The van der Waals surface area contributed by atoms with Gasteiger partial charge in [-0.05, 0) is 24.5 Å². The number of esters is 2. The molecule has 1 saturated heterocycles. The zero-order chi connectivity index (χ0) is 20.0. The summed E-state index contributed by atoms with van der Waals surface area (Å²) in [6.07, 6.45) is 0.534. The molecule has 1 aromatic carbocycles. The van der Waals surface area contributed by atoms with Gasteiger partial charge in [0.2, 0.25) is 0 Å². The average molecular weight is 472 g/mol. The molecule has 1 aliphatic heterocycles. The first-order valence-corrected chi connectivity index (χ1v) is 10.0. The van der Waals surface area contributed by atoms with Gasteiger partial charge in [-0.25, -0.2) is 0 Å². The number of hydrazine groups is 1. The van der Waals surface area contributed by atoms with Crippen LogP contribution in [0.25, 0.3) is 0 Å². The Hall–Kier alpha value is -2.13. The van der Waals surface area contributed by atoms with E-state index in [0.717, 1.165) is 6.42 Å². The smallest absolute Gasteiger partial charge is 0.310 e. The van der Waals surface area contributed by atoms with Crippen LogP contribution in [-0.2, 0) is 23.9 Å². The molecule has 2 saturated carbocycles. The highest BCUT2D eigenvalue weighted by atomic mass is 79.9. The molecule has 0 aromatic heterocycles. The van der Waals surface area contributed by atoms with Crippen LogP contribution >= 0.6 is 27.5 Å². The molecule has 3 aliphatic rings. The van der Waals surface area contributed by atoms with Crippen molar-refractivity contribution in [1.82, 2.24) is 10.9 Å². The van der Waals surface area contributed by atoms with E-state index in [1.807, 2.05) is 0 Å². The van der Waals surface area contributed by atoms with Gasteiger partial charge in [-0.3, -0.25) is 30.0 Å². The lowest BCUT2D eigenvalue weighted by atomic mass is 9.80. The minimum absolute atomic E-state index is 0.0168. The molecule has 1 heterocycles. The van der Waals surface area contributed by atoms with Crippen molar-refractivity contribution in [2.24, 2.45) is 23.7 Å². The lowest BCUT2D eigenvalue weighted by Gasteiger charge is -2.26. The predicted molar refractivity (Wildman–Crippen MR) is 99.2 cm³/mol. The molecule has 0 spiro atoms. The highest BCUT2D eigenvalue weighted by Crippen LogP contribution is 2.60. The van der Waals surface area contributed by atoms with E-state index in [2.05, 4.69) is 26.8 Å². The summed E-state index contributed by atoms with van der Waals surface area (Å²) in [7, 11) is 0. The molecule has 10 heteroatoms. The third kappa shape index (κ3) is 3.16. The number of halogens is 2. The van der Waals surface area contributed by atoms with Crippen LogP contribution in [0.4, 0.5) is 0 Å². The van der Waals surface area contributed by atoms with Crippen molar-refractivity contribution in [3.63, 3.8) is 0 Å². The lowest BCUT2D eigenvalue weighted by Crippen LogP contribution is -2.44. The van der Waals surface area contributed by atoms with Gasteiger partial charge in [0.15, 0.2) is 6.61 Å². The summed E-state index contributed by atoms with van der Waals surface area (Å²) in [6, 6.07) is 6.36. The predicted octanol–water partition coefficient (Wildman–Crippen LogP) is 1.22. The molecule has 2 amide bonds. The first-order chi connectivity index (χ1) is 13.4. The number of alkyl halides is 1. The van der Waals surface area contributed by atoms with Gasteiger partial charge in [-0.1, -0.05) is 39.7 Å². The molecule has 0 unspecified atom stereocenters. The third-order valence-electron chi connectivity index (χ3n) is 5.57. The molecule has 2 aliphatic carbocycles. The van der Waals surface area contributed by atoms with Gasteiger partial charge in [0, 0.05) is 5.92 Å². The van der Waals surface area contributed by atoms with Crippen molar-refractivity contribution >= 4 is 51.3 Å². The topological polar surface area (TPSA) is 111 Å². The van der Waals surface area contributed by atoms with Crippen molar-refractivity contribution in [2.75, 3.05) is 6.61 Å². The van der Waals surface area contributed by atoms with E-state index in [1.165, 1.54) is 6.07 Å². The van der Waals surface area contributed by atoms with E-state index in [9.17, 15) is 19.2 Å². The number of carbonyl (C=O) groups is 4. The summed E-state index contributed by atoms with van der Waals surface area (Å²) in [5.41, 5.74) is 4.56. The number of hydrogen-bond acceptors (Lipinski definition) is 6. The minimum atomic E-state index is -0.709. The first kappa shape index (κ1) is 19.2. The van der Waals surface area contributed by atoms with E-state index in [-0.39, 0.29) is 39.3 Å². The Morgan fingerprint density at radius 3 is 2.71 bits per heavy atom. The number of ether oxygens (including phenoxy) is 2. The van der Waals surface area contributed by atoms with Crippen molar-refractivity contribution in [1.29, 1.82) is 0 Å². The van der Waals surface area contributed by atoms with Crippen LogP contribution in [0.3, 0.4) is 0 Å². The van der Waals surface area contributed by atoms with E-state index in [4.69, 9.17) is 21.1 Å². The minimum Gasteiger partial charge on any atom is -0.461 e. The van der Waals surface area contributed by atoms with Gasteiger partial charge < -0.3 is 9.47 Å². The largest absolute Gasteiger partial charge is 0.461 e. The van der Waals surface area contributed by atoms with Gasteiger partial charge >= 0.3 is 11.9 Å². The number of benzene rings is 1. The summed E-state index contributed by atoms with van der Waals surface area (Å²) < 4.78 is 10.4. The second kappa shape index (κ2) is 7.36. The number of rotatable bonds is 4. The van der Waals surface area contributed by atoms with Gasteiger partial charge in [0.05, 0.1) is 27.2 Å². The van der Waals surface area contributed by atoms with E-state index in [0.29, 0.717) is 0 Å². The summed E-state index contributed by atoms with van der Waals surface area (Å²) in [6.45, 7) is -0.576. The van der Waals surface area contributed by atoms with Crippen molar-refractivity contribution in [3.8, 4) is 0 Å². The van der Waals surface area contributed by atoms with E-state index < -0.39 is 36.2 Å². The van der Waals surface area contributed by atoms with Crippen LogP contribution in [0.15, 0.2) is 24.3 Å². The Labute approximate surface area is 173 Å². The molecular weight excluding hydrogens is 456 g/mol. The van der Waals surface area contributed by atoms with Crippen LogP contribution in [0.5, 0.6) is 0 Å². The van der Waals surface area contributed by atoms with Gasteiger partial charge in [-0.15, -0.1) is 0 Å². The van der Waals surface area contributed by atoms with Crippen LogP contribution in [0, 0.1) is 23.7 Å². The van der Waals surface area contributed by atoms with Gasteiger partial charge in [0.25, 0.3) is 11.8 Å². The molecule has 1 aromatic rings.